The van der Waals surface area contributed by atoms with E-state index < -0.39 is 17.8 Å². The molecule has 1 N–H and O–H groups in total. The molecule has 1 fully saturated rings. The second kappa shape index (κ2) is 7.39. The maximum absolute atomic E-state index is 13.1. The molecule has 6 heteroatoms. The summed E-state index contributed by atoms with van der Waals surface area (Å²) in [7, 11) is 0. The summed E-state index contributed by atoms with van der Waals surface area (Å²) in [5, 5.41) is 3.23. The van der Waals surface area contributed by atoms with E-state index in [1.807, 2.05) is 43.5 Å². The Labute approximate surface area is 168 Å². The van der Waals surface area contributed by atoms with Crippen LogP contribution in [0, 0.1) is 6.92 Å². The first-order valence-electron chi connectivity index (χ1n) is 9.55. The van der Waals surface area contributed by atoms with E-state index in [0.717, 1.165) is 39.9 Å². The van der Waals surface area contributed by atoms with Gasteiger partial charge in [0.15, 0.2) is 0 Å². The minimum absolute atomic E-state index is 0.0643. The molecule has 0 radical (unpaired) electrons. The second-order valence-electron chi connectivity index (χ2n) is 7.09. The number of para-hydroxylation sites is 1. The minimum Gasteiger partial charge on any atom is -0.347 e. The Morgan fingerprint density at radius 2 is 1.83 bits per heavy atom. The van der Waals surface area contributed by atoms with Crippen molar-refractivity contribution in [2.45, 2.75) is 26.8 Å². The highest BCUT2D eigenvalue weighted by Gasteiger charge is 2.37. The molecule has 146 valence electrons. The van der Waals surface area contributed by atoms with Crippen LogP contribution in [0.25, 0.3) is 17.0 Å². The lowest BCUT2D eigenvalue weighted by molar-refractivity contribution is -0.122. The Morgan fingerprint density at radius 1 is 1.03 bits per heavy atom. The number of anilines is 1. The number of amides is 4. The molecular formula is C23H21N3O3. The van der Waals surface area contributed by atoms with E-state index >= 15 is 0 Å². The van der Waals surface area contributed by atoms with Crippen LogP contribution in [0.3, 0.4) is 0 Å². The molecule has 4 amide bonds. The fourth-order valence-corrected chi connectivity index (χ4v) is 3.63. The van der Waals surface area contributed by atoms with Crippen LogP contribution in [0.2, 0.25) is 0 Å². The first-order chi connectivity index (χ1) is 14.0. The molecule has 0 atom stereocenters. The number of hydrogen-bond acceptors (Lipinski definition) is 3. The van der Waals surface area contributed by atoms with Crippen molar-refractivity contribution >= 4 is 40.5 Å². The molecule has 3 aromatic rings. The van der Waals surface area contributed by atoms with E-state index in [9.17, 15) is 14.4 Å². The topological polar surface area (TPSA) is 71.4 Å². The zero-order valence-electron chi connectivity index (χ0n) is 16.3. The van der Waals surface area contributed by atoms with Crippen LogP contribution in [-0.2, 0) is 16.1 Å². The zero-order valence-corrected chi connectivity index (χ0v) is 16.3. The number of nitrogens with one attached hydrogen (secondary N) is 1. The highest BCUT2D eigenvalue weighted by atomic mass is 16.2. The quantitative estimate of drug-likeness (QED) is 0.543. The average molecular weight is 387 g/mol. The van der Waals surface area contributed by atoms with Gasteiger partial charge < -0.3 is 4.57 Å². The lowest BCUT2D eigenvalue weighted by Gasteiger charge is -2.26. The lowest BCUT2D eigenvalue weighted by atomic mass is 10.1. The third-order valence-electron chi connectivity index (χ3n) is 4.95. The van der Waals surface area contributed by atoms with Crippen LogP contribution in [0.15, 0.2) is 60.3 Å². The van der Waals surface area contributed by atoms with Gasteiger partial charge in [-0.25, -0.2) is 9.69 Å². The number of fused-ring (bicyclic) bond motifs is 1. The third-order valence-corrected chi connectivity index (χ3v) is 4.95. The van der Waals surface area contributed by atoms with Crippen molar-refractivity contribution < 1.29 is 14.4 Å². The molecule has 1 aliphatic rings. The number of aromatic nitrogens is 1. The van der Waals surface area contributed by atoms with Crippen molar-refractivity contribution in [3.63, 3.8) is 0 Å². The summed E-state index contributed by atoms with van der Waals surface area (Å²) in [5.74, 6) is -1.31. The van der Waals surface area contributed by atoms with Gasteiger partial charge in [0.25, 0.3) is 11.8 Å². The first-order valence-corrected chi connectivity index (χ1v) is 9.55. The minimum atomic E-state index is -0.740. The molecule has 1 aromatic heterocycles. The lowest BCUT2D eigenvalue weighted by Crippen LogP contribution is -2.54. The summed E-state index contributed by atoms with van der Waals surface area (Å²) in [6.45, 7) is 4.80. The monoisotopic (exact) mass is 387 g/mol. The van der Waals surface area contributed by atoms with Crippen molar-refractivity contribution in [2.75, 3.05) is 4.90 Å². The van der Waals surface area contributed by atoms with Gasteiger partial charge in [0.1, 0.15) is 5.57 Å². The molecule has 0 aliphatic carbocycles. The highest BCUT2D eigenvalue weighted by molar-refractivity contribution is 6.39. The number of urea groups is 1. The highest BCUT2D eigenvalue weighted by Crippen LogP contribution is 2.27. The molecule has 6 nitrogen and oxygen atoms in total. The molecule has 0 spiro atoms. The summed E-state index contributed by atoms with van der Waals surface area (Å²) in [6, 6.07) is 14.2. The van der Waals surface area contributed by atoms with Crippen LogP contribution in [0.1, 0.15) is 24.5 Å². The summed E-state index contributed by atoms with van der Waals surface area (Å²) in [5.41, 5.74) is 3.08. The number of rotatable bonds is 4. The molecule has 1 saturated heterocycles. The number of barbiturate groups is 1. The number of carbonyl (C=O) groups is 3. The molecule has 29 heavy (non-hydrogen) atoms. The van der Waals surface area contributed by atoms with E-state index in [2.05, 4.69) is 16.8 Å². The van der Waals surface area contributed by atoms with Crippen LogP contribution in [-0.4, -0.2) is 22.4 Å². The van der Waals surface area contributed by atoms with Crippen LogP contribution in [0.4, 0.5) is 10.5 Å². The SMILES string of the molecule is CCCn1cc(/C=C2/C(=O)NC(=O)N(c3cccc(C)c3)C2=O)c2ccccc21. The Bertz CT molecular complexity index is 1170. The van der Waals surface area contributed by atoms with E-state index in [1.54, 1.807) is 24.3 Å². The Balaban J connectivity index is 1.81. The Kier molecular flexibility index (Phi) is 4.76. The van der Waals surface area contributed by atoms with Crippen molar-refractivity contribution in [1.29, 1.82) is 0 Å². The smallest absolute Gasteiger partial charge is 0.335 e. The maximum atomic E-state index is 13.1. The number of hydrogen-bond donors (Lipinski definition) is 1. The van der Waals surface area contributed by atoms with Gasteiger partial charge in [0.05, 0.1) is 5.69 Å². The predicted molar refractivity (Wildman–Crippen MR) is 112 cm³/mol. The Morgan fingerprint density at radius 3 is 2.59 bits per heavy atom. The van der Waals surface area contributed by atoms with E-state index in [1.165, 1.54) is 0 Å². The van der Waals surface area contributed by atoms with Gasteiger partial charge in [-0.15, -0.1) is 0 Å². The number of carbonyl (C=O) groups excluding carboxylic acids is 3. The number of aryl methyl sites for hydroxylation is 2. The second-order valence-corrected chi connectivity index (χ2v) is 7.09. The molecular weight excluding hydrogens is 366 g/mol. The van der Waals surface area contributed by atoms with E-state index in [-0.39, 0.29) is 5.57 Å². The van der Waals surface area contributed by atoms with Gasteiger partial charge >= 0.3 is 6.03 Å². The molecule has 2 heterocycles. The van der Waals surface area contributed by atoms with Crippen molar-refractivity contribution in [2.24, 2.45) is 0 Å². The number of nitrogens with zero attached hydrogens (tertiary/aromatic N) is 2. The maximum Gasteiger partial charge on any atom is 0.335 e. The van der Waals surface area contributed by atoms with Crippen molar-refractivity contribution in [3.8, 4) is 0 Å². The predicted octanol–water partition coefficient (Wildman–Crippen LogP) is 4.03. The van der Waals surface area contributed by atoms with Crippen LogP contribution < -0.4 is 10.2 Å². The van der Waals surface area contributed by atoms with Crippen molar-refractivity contribution in [3.05, 3.63) is 71.4 Å². The summed E-state index contributed by atoms with van der Waals surface area (Å²) < 4.78 is 2.11. The van der Waals surface area contributed by atoms with Gasteiger partial charge in [-0.05, 0) is 43.2 Å². The van der Waals surface area contributed by atoms with Crippen molar-refractivity contribution in [1.82, 2.24) is 9.88 Å². The van der Waals surface area contributed by atoms with Gasteiger partial charge in [0, 0.05) is 29.2 Å². The van der Waals surface area contributed by atoms with E-state index in [4.69, 9.17) is 0 Å². The summed E-state index contributed by atoms with van der Waals surface area (Å²) >= 11 is 0. The van der Waals surface area contributed by atoms with Gasteiger partial charge in [-0.2, -0.15) is 0 Å². The Hall–Kier alpha value is -3.67. The van der Waals surface area contributed by atoms with Gasteiger partial charge in [-0.1, -0.05) is 37.3 Å². The standard InChI is InChI=1S/C23H21N3O3/c1-3-11-25-14-16(18-9-4-5-10-20(18)25)13-19-21(27)24-23(29)26(22(19)28)17-8-6-7-15(2)12-17/h4-10,12-14H,3,11H2,1-2H3,(H,24,27,29)/b19-13-. The summed E-state index contributed by atoms with van der Waals surface area (Å²) in [6.07, 6.45) is 4.47. The molecule has 4 rings (SSSR count). The first kappa shape index (κ1) is 18.7. The molecule has 1 aliphatic heterocycles. The average Bonchev–Trinajstić information content (AvgIpc) is 3.03. The zero-order chi connectivity index (χ0) is 20.5. The number of imide groups is 2. The molecule has 0 unspecified atom stereocenters. The molecule has 2 aromatic carbocycles. The van der Waals surface area contributed by atoms with Gasteiger partial charge in [-0.3, -0.25) is 14.9 Å². The summed E-state index contributed by atoms with van der Waals surface area (Å²) in [4.78, 5) is 39.0. The normalized spacial score (nSPS) is 16.0. The van der Waals surface area contributed by atoms with E-state index in [0.29, 0.717) is 5.69 Å². The van der Waals surface area contributed by atoms with Crippen LogP contribution in [0.5, 0.6) is 0 Å². The van der Waals surface area contributed by atoms with Gasteiger partial charge in [0.2, 0.25) is 0 Å². The fourth-order valence-electron chi connectivity index (χ4n) is 3.63. The number of benzene rings is 2. The largest absolute Gasteiger partial charge is 0.347 e. The molecule has 0 bridgehead atoms. The molecule has 0 saturated carbocycles. The fraction of sp³-hybridized carbons (Fsp3) is 0.174. The third kappa shape index (κ3) is 3.33. The van der Waals surface area contributed by atoms with Crippen LogP contribution >= 0.6 is 0 Å².